The van der Waals surface area contributed by atoms with Crippen LogP contribution in [0.3, 0.4) is 0 Å². The third-order valence-electron chi connectivity index (χ3n) is 0.158. The van der Waals surface area contributed by atoms with Gasteiger partial charge in [0.2, 0.25) is 0 Å². The van der Waals surface area contributed by atoms with Crippen molar-refractivity contribution in [3.05, 3.63) is 6.92 Å². The van der Waals surface area contributed by atoms with Crippen molar-refractivity contribution < 1.29 is 49.2 Å². The Hall–Kier alpha value is 1.40. The van der Waals surface area contributed by atoms with Gasteiger partial charge in [-0.05, 0) is 0 Å². The van der Waals surface area contributed by atoms with Crippen LogP contribution in [-0.2, 0) is 0 Å². The standard InChI is InChI=1S/C3H7O.Ac/c1-2-3-4;/h4H,1-3H2;/q-1;. The van der Waals surface area contributed by atoms with E-state index in [0.29, 0.717) is 6.42 Å². The first-order chi connectivity index (χ1) is 1.91. The van der Waals surface area contributed by atoms with Crippen LogP contribution in [0.2, 0.25) is 0 Å². The summed E-state index contributed by atoms with van der Waals surface area (Å²) in [7, 11) is 0. The molecule has 0 atom stereocenters. The van der Waals surface area contributed by atoms with Crippen molar-refractivity contribution in [2.75, 3.05) is 6.61 Å². The molecule has 0 aliphatic carbocycles. The van der Waals surface area contributed by atoms with E-state index in [1.807, 2.05) is 0 Å². The molecule has 0 saturated carbocycles. The van der Waals surface area contributed by atoms with Crippen LogP contribution in [0.15, 0.2) is 0 Å². The molecule has 0 rings (SSSR count). The summed E-state index contributed by atoms with van der Waals surface area (Å²) < 4.78 is 0. The van der Waals surface area contributed by atoms with Gasteiger partial charge in [-0.15, -0.1) is 0 Å². The van der Waals surface area contributed by atoms with E-state index in [0.717, 1.165) is 0 Å². The maximum atomic E-state index is 7.81. The van der Waals surface area contributed by atoms with Crippen LogP contribution in [0, 0.1) is 51.0 Å². The van der Waals surface area contributed by atoms with Crippen molar-refractivity contribution in [3.63, 3.8) is 0 Å². The van der Waals surface area contributed by atoms with Gasteiger partial charge in [0.15, 0.2) is 0 Å². The number of rotatable bonds is 1. The summed E-state index contributed by atoms with van der Waals surface area (Å²) in [4.78, 5) is 0. The first-order valence-electron chi connectivity index (χ1n) is 1.32. The quantitative estimate of drug-likeness (QED) is 0.683. The Morgan fingerprint density at radius 3 is 1.80 bits per heavy atom. The smallest absolute Gasteiger partial charge is 0.0159 e. The minimum Gasteiger partial charge on any atom is -0.399 e. The SMILES string of the molecule is [Ac].[CH2-]CCO. The van der Waals surface area contributed by atoms with Gasteiger partial charge in [0.05, 0.1) is 0 Å². The molecule has 0 aliphatic heterocycles. The molecule has 0 heterocycles. The van der Waals surface area contributed by atoms with E-state index in [-0.39, 0.29) is 50.7 Å². The van der Waals surface area contributed by atoms with Crippen molar-refractivity contribution in [3.8, 4) is 0 Å². The summed E-state index contributed by atoms with van der Waals surface area (Å²) >= 11 is 0. The average molecular weight is 286 g/mol. The predicted octanol–water partition coefficient (Wildman–Crippen LogP) is 0.203. The van der Waals surface area contributed by atoms with E-state index in [4.69, 9.17) is 5.11 Å². The fourth-order valence-corrected chi connectivity index (χ4v) is 0. The van der Waals surface area contributed by atoms with Gasteiger partial charge in [-0.2, -0.15) is 6.42 Å². The molecular formula is C3H7AcO-. The van der Waals surface area contributed by atoms with Gasteiger partial charge in [-0.1, -0.05) is 0 Å². The summed E-state index contributed by atoms with van der Waals surface area (Å²) in [5.74, 6) is 0. The largest absolute Gasteiger partial charge is 0.399 e. The molecular weight excluding hydrogens is 279 g/mol. The fraction of sp³-hybridized carbons (Fsp3) is 0.667. The van der Waals surface area contributed by atoms with E-state index < -0.39 is 0 Å². The molecule has 29 valence electrons. The van der Waals surface area contributed by atoms with Gasteiger partial charge in [0.25, 0.3) is 0 Å². The second kappa shape index (κ2) is 9.04. The average Bonchev–Trinajstić information content (AvgIpc) is 1.37. The molecule has 0 aromatic heterocycles. The molecule has 1 N–H and O–H groups in total. The molecule has 0 aromatic rings. The maximum absolute atomic E-state index is 7.81. The Morgan fingerprint density at radius 2 is 1.80 bits per heavy atom. The van der Waals surface area contributed by atoms with Crippen LogP contribution in [0.1, 0.15) is 6.42 Å². The van der Waals surface area contributed by atoms with E-state index >= 15 is 0 Å². The third kappa shape index (κ3) is 10.8. The molecule has 0 saturated heterocycles. The van der Waals surface area contributed by atoms with Crippen molar-refractivity contribution in [1.82, 2.24) is 0 Å². The second-order valence-corrected chi connectivity index (χ2v) is 0.577. The third-order valence-corrected chi connectivity index (χ3v) is 0.158. The van der Waals surface area contributed by atoms with Crippen molar-refractivity contribution in [1.29, 1.82) is 0 Å². The predicted molar refractivity (Wildman–Crippen MR) is 17.1 cm³/mol. The van der Waals surface area contributed by atoms with Crippen molar-refractivity contribution >= 4 is 0 Å². The minimum absolute atomic E-state index is 0. The Bertz CT molecular complexity index is 8.85. The molecule has 2 heteroatoms. The van der Waals surface area contributed by atoms with Crippen LogP contribution < -0.4 is 0 Å². The Morgan fingerprint density at radius 1 is 1.60 bits per heavy atom. The van der Waals surface area contributed by atoms with Crippen LogP contribution in [0.5, 0.6) is 0 Å². The number of aliphatic hydroxyl groups is 1. The van der Waals surface area contributed by atoms with Crippen molar-refractivity contribution in [2.24, 2.45) is 0 Å². The number of hydrogen-bond acceptors (Lipinski definition) is 1. The maximum Gasteiger partial charge on any atom is 0.0159 e. The summed E-state index contributed by atoms with van der Waals surface area (Å²) in [5.41, 5.74) is 0. The Balaban J connectivity index is 0. The van der Waals surface area contributed by atoms with Crippen LogP contribution >= 0.6 is 0 Å². The van der Waals surface area contributed by atoms with E-state index in [9.17, 15) is 0 Å². The normalized spacial score (nSPS) is 6.00. The molecule has 1 nitrogen and oxygen atoms in total. The molecule has 1 radical (unpaired) electrons. The van der Waals surface area contributed by atoms with Gasteiger partial charge in [-0.3, -0.25) is 0 Å². The number of hydrogen-bond donors (Lipinski definition) is 1. The molecule has 0 aromatic carbocycles. The van der Waals surface area contributed by atoms with Crippen molar-refractivity contribution in [2.45, 2.75) is 6.42 Å². The summed E-state index contributed by atoms with van der Waals surface area (Å²) in [6.45, 7) is 3.56. The minimum atomic E-state index is 0. The van der Waals surface area contributed by atoms with E-state index in [1.165, 1.54) is 0 Å². The zero-order chi connectivity index (χ0) is 3.41. The summed E-state index contributed by atoms with van der Waals surface area (Å²) in [6.07, 6.45) is 0.625. The Kier molecular flexibility index (Phi) is 17.4. The van der Waals surface area contributed by atoms with Gasteiger partial charge in [0.1, 0.15) is 0 Å². The molecule has 0 bridgehead atoms. The summed E-state index contributed by atoms with van der Waals surface area (Å²) in [6, 6.07) is 0. The first kappa shape index (κ1) is 9.64. The first-order valence-corrected chi connectivity index (χ1v) is 1.32. The topological polar surface area (TPSA) is 20.2 Å². The molecule has 0 amide bonds. The zero-order valence-electron chi connectivity index (χ0n) is 3.15. The number of aliphatic hydroxyl groups excluding tert-OH is 1. The van der Waals surface area contributed by atoms with Gasteiger partial charge >= 0.3 is 0 Å². The summed E-state index contributed by atoms with van der Waals surface area (Å²) in [5, 5.41) is 7.81. The fourth-order valence-electron chi connectivity index (χ4n) is 0. The van der Waals surface area contributed by atoms with Gasteiger partial charge in [-0.25, -0.2) is 0 Å². The monoisotopic (exact) mass is 286 g/mol. The van der Waals surface area contributed by atoms with Crippen LogP contribution in [0.4, 0.5) is 0 Å². The molecule has 0 unspecified atom stereocenters. The second-order valence-electron chi connectivity index (χ2n) is 0.577. The molecule has 0 fully saturated rings. The zero-order valence-corrected chi connectivity index (χ0v) is 7.89. The van der Waals surface area contributed by atoms with E-state index in [2.05, 4.69) is 6.92 Å². The molecule has 0 spiro atoms. The van der Waals surface area contributed by atoms with Crippen LogP contribution in [-0.4, -0.2) is 11.7 Å². The van der Waals surface area contributed by atoms with E-state index in [1.54, 1.807) is 0 Å². The van der Waals surface area contributed by atoms with Crippen LogP contribution in [0.25, 0.3) is 0 Å². The molecule has 5 heavy (non-hydrogen) atoms. The van der Waals surface area contributed by atoms with Gasteiger partial charge in [0, 0.05) is 50.7 Å². The molecule has 0 aliphatic rings. The Labute approximate surface area is 68.3 Å². The van der Waals surface area contributed by atoms with Gasteiger partial charge < -0.3 is 12.0 Å².